The second-order valence-electron chi connectivity index (χ2n) is 4.96. The Morgan fingerprint density at radius 2 is 2.18 bits per heavy atom. The minimum atomic E-state index is -0.946. The van der Waals surface area contributed by atoms with Gasteiger partial charge in [-0.25, -0.2) is 4.79 Å². The zero-order valence-electron chi connectivity index (χ0n) is 12.7. The molecular weight excluding hydrogens is 300 g/mol. The summed E-state index contributed by atoms with van der Waals surface area (Å²) in [7, 11) is 0. The molecule has 1 heterocycles. The van der Waals surface area contributed by atoms with Gasteiger partial charge in [0.05, 0.1) is 6.61 Å². The summed E-state index contributed by atoms with van der Waals surface area (Å²) in [6.07, 6.45) is 0.490. The highest BCUT2D eigenvalue weighted by atomic mass is 32.1. The summed E-state index contributed by atoms with van der Waals surface area (Å²) < 4.78 is 11.2. The van der Waals surface area contributed by atoms with Crippen molar-refractivity contribution in [1.82, 2.24) is 0 Å². The molecule has 0 fully saturated rings. The van der Waals surface area contributed by atoms with Crippen molar-refractivity contribution >= 4 is 17.3 Å². The minimum absolute atomic E-state index is 0.424. The number of thiophene rings is 1. The third-order valence-electron chi connectivity index (χ3n) is 3.26. The Bertz CT molecular complexity index is 607. The van der Waals surface area contributed by atoms with E-state index in [9.17, 15) is 4.79 Å². The lowest BCUT2D eigenvalue weighted by Crippen LogP contribution is -2.26. The van der Waals surface area contributed by atoms with E-state index in [1.807, 2.05) is 25.1 Å². The number of ether oxygens (including phenoxy) is 2. The molecular formula is C17H20O4S. The van der Waals surface area contributed by atoms with Crippen molar-refractivity contribution in [2.24, 2.45) is 0 Å². The van der Waals surface area contributed by atoms with Crippen molar-refractivity contribution < 1.29 is 19.4 Å². The van der Waals surface area contributed by atoms with Crippen LogP contribution < -0.4 is 9.47 Å². The Labute approximate surface area is 134 Å². The summed E-state index contributed by atoms with van der Waals surface area (Å²) in [6, 6.07) is 9.57. The van der Waals surface area contributed by atoms with Crippen molar-refractivity contribution in [2.45, 2.75) is 32.8 Å². The van der Waals surface area contributed by atoms with Gasteiger partial charge in [-0.15, -0.1) is 11.3 Å². The van der Waals surface area contributed by atoms with E-state index in [2.05, 4.69) is 11.4 Å². The molecule has 2 aromatic rings. The van der Waals surface area contributed by atoms with Crippen LogP contribution in [0.25, 0.3) is 0 Å². The highest BCUT2D eigenvalue weighted by Crippen LogP contribution is 2.25. The zero-order valence-corrected chi connectivity index (χ0v) is 13.6. The Morgan fingerprint density at radius 3 is 2.77 bits per heavy atom. The maximum Gasteiger partial charge on any atom is 0.344 e. The molecule has 0 aliphatic heterocycles. The molecule has 1 unspecified atom stereocenters. The molecule has 0 aliphatic rings. The number of aryl methyl sites for hydroxylation is 1. The molecule has 1 aromatic carbocycles. The summed E-state index contributed by atoms with van der Waals surface area (Å²) in [5.41, 5.74) is 0.869. The highest BCUT2D eigenvalue weighted by Gasteiger charge is 2.17. The quantitative estimate of drug-likeness (QED) is 0.801. The fourth-order valence-corrected chi connectivity index (χ4v) is 2.72. The first-order valence-electron chi connectivity index (χ1n) is 7.25. The molecule has 1 N–H and O–H groups in total. The first-order chi connectivity index (χ1) is 10.6. The number of carboxylic acids is 1. The molecule has 0 spiro atoms. The normalized spacial score (nSPS) is 11.9. The largest absolute Gasteiger partial charge is 0.493 e. The molecule has 22 heavy (non-hydrogen) atoms. The Kier molecular flexibility index (Phi) is 5.83. The Morgan fingerprint density at radius 1 is 1.36 bits per heavy atom. The summed E-state index contributed by atoms with van der Waals surface area (Å²) in [5, 5.41) is 11.1. The zero-order chi connectivity index (χ0) is 15.9. The maximum atomic E-state index is 11.0. The van der Waals surface area contributed by atoms with E-state index in [4.69, 9.17) is 14.6 Å². The van der Waals surface area contributed by atoms with Gasteiger partial charge in [-0.1, -0.05) is 13.0 Å². The SMILES string of the molecule is CCC(Oc1ccc(OCCc2cccs2)cc1C)C(=O)O. The third kappa shape index (κ3) is 4.49. The van der Waals surface area contributed by atoms with Gasteiger partial charge in [-0.05, 0) is 48.6 Å². The second kappa shape index (κ2) is 7.84. The van der Waals surface area contributed by atoms with Crippen LogP contribution in [0.15, 0.2) is 35.7 Å². The Balaban J connectivity index is 1.92. The van der Waals surface area contributed by atoms with Gasteiger partial charge in [0.2, 0.25) is 0 Å². The molecule has 118 valence electrons. The molecule has 5 heteroatoms. The van der Waals surface area contributed by atoms with Crippen LogP contribution in [0.2, 0.25) is 0 Å². The van der Waals surface area contributed by atoms with E-state index in [1.165, 1.54) is 4.88 Å². The minimum Gasteiger partial charge on any atom is -0.493 e. The molecule has 0 radical (unpaired) electrons. The molecule has 1 aromatic heterocycles. The summed E-state index contributed by atoms with van der Waals surface area (Å²) in [6.45, 7) is 4.29. The number of hydrogen-bond acceptors (Lipinski definition) is 4. The number of hydrogen-bond donors (Lipinski definition) is 1. The number of rotatable bonds is 8. The molecule has 4 nitrogen and oxygen atoms in total. The van der Waals surface area contributed by atoms with E-state index in [0.29, 0.717) is 18.8 Å². The van der Waals surface area contributed by atoms with Crippen LogP contribution in [0, 0.1) is 6.92 Å². The summed E-state index contributed by atoms with van der Waals surface area (Å²) in [5.74, 6) is 0.405. The van der Waals surface area contributed by atoms with E-state index >= 15 is 0 Å². The lowest BCUT2D eigenvalue weighted by Gasteiger charge is -2.16. The second-order valence-corrected chi connectivity index (χ2v) is 5.99. The van der Waals surface area contributed by atoms with Crippen molar-refractivity contribution in [3.8, 4) is 11.5 Å². The van der Waals surface area contributed by atoms with E-state index in [1.54, 1.807) is 24.3 Å². The van der Waals surface area contributed by atoms with Crippen LogP contribution in [-0.2, 0) is 11.2 Å². The van der Waals surface area contributed by atoms with Crippen LogP contribution >= 0.6 is 11.3 Å². The van der Waals surface area contributed by atoms with Gasteiger partial charge in [0.1, 0.15) is 11.5 Å². The molecule has 2 rings (SSSR count). The van der Waals surface area contributed by atoms with Crippen LogP contribution in [0.3, 0.4) is 0 Å². The molecule has 0 aliphatic carbocycles. The maximum absolute atomic E-state index is 11.0. The lowest BCUT2D eigenvalue weighted by atomic mass is 10.2. The number of aliphatic carboxylic acids is 1. The van der Waals surface area contributed by atoms with E-state index < -0.39 is 12.1 Å². The van der Waals surface area contributed by atoms with Crippen LogP contribution in [0.5, 0.6) is 11.5 Å². The fourth-order valence-electron chi connectivity index (χ4n) is 2.03. The topological polar surface area (TPSA) is 55.8 Å². The molecule has 1 atom stereocenters. The van der Waals surface area contributed by atoms with E-state index in [-0.39, 0.29) is 0 Å². The van der Waals surface area contributed by atoms with Gasteiger partial charge in [0.15, 0.2) is 6.10 Å². The van der Waals surface area contributed by atoms with E-state index in [0.717, 1.165) is 17.7 Å². The van der Waals surface area contributed by atoms with Gasteiger partial charge in [0.25, 0.3) is 0 Å². The van der Waals surface area contributed by atoms with Crippen molar-refractivity contribution in [3.05, 3.63) is 46.2 Å². The van der Waals surface area contributed by atoms with Crippen LogP contribution in [0.1, 0.15) is 23.8 Å². The van der Waals surface area contributed by atoms with Gasteiger partial charge >= 0.3 is 5.97 Å². The van der Waals surface area contributed by atoms with Gasteiger partial charge in [-0.2, -0.15) is 0 Å². The predicted octanol–water partition coefficient (Wildman–Crippen LogP) is 3.92. The molecule has 0 saturated heterocycles. The van der Waals surface area contributed by atoms with Crippen molar-refractivity contribution in [2.75, 3.05) is 6.61 Å². The van der Waals surface area contributed by atoms with Crippen LogP contribution in [-0.4, -0.2) is 23.8 Å². The number of carbonyl (C=O) groups is 1. The number of benzene rings is 1. The first-order valence-corrected chi connectivity index (χ1v) is 8.13. The van der Waals surface area contributed by atoms with Crippen molar-refractivity contribution in [3.63, 3.8) is 0 Å². The third-order valence-corrected chi connectivity index (χ3v) is 4.20. The molecule has 0 amide bonds. The standard InChI is InChI=1S/C17H20O4S/c1-3-15(17(18)19)21-16-7-6-13(11-12(16)2)20-9-8-14-5-4-10-22-14/h4-7,10-11,15H,3,8-9H2,1-2H3,(H,18,19). The molecule has 0 saturated carbocycles. The first kappa shape index (κ1) is 16.4. The van der Waals surface area contributed by atoms with Gasteiger partial charge < -0.3 is 14.6 Å². The molecule has 0 bridgehead atoms. The summed E-state index contributed by atoms with van der Waals surface area (Å²) >= 11 is 1.72. The van der Waals surface area contributed by atoms with Gasteiger partial charge in [-0.3, -0.25) is 0 Å². The Hall–Kier alpha value is -2.01. The van der Waals surface area contributed by atoms with Crippen LogP contribution in [0.4, 0.5) is 0 Å². The average Bonchev–Trinajstić information content (AvgIpc) is 2.99. The smallest absolute Gasteiger partial charge is 0.344 e. The highest BCUT2D eigenvalue weighted by molar-refractivity contribution is 7.09. The van der Waals surface area contributed by atoms with Gasteiger partial charge in [0, 0.05) is 11.3 Å². The summed E-state index contributed by atoms with van der Waals surface area (Å²) in [4.78, 5) is 12.3. The fraction of sp³-hybridized carbons (Fsp3) is 0.353. The monoisotopic (exact) mass is 320 g/mol. The lowest BCUT2D eigenvalue weighted by molar-refractivity contribution is -0.145. The predicted molar refractivity (Wildman–Crippen MR) is 87.0 cm³/mol. The van der Waals surface area contributed by atoms with Crippen molar-refractivity contribution in [1.29, 1.82) is 0 Å². The number of carboxylic acid groups (broad SMARTS) is 1. The average molecular weight is 320 g/mol.